The van der Waals surface area contributed by atoms with E-state index in [0.29, 0.717) is 13.0 Å². The number of nitrogens with zero attached hydrogens (tertiary/aromatic N) is 3. The molecule has 2 amide bonds. The number of benzene rings is 3. The maximum atomic E-state index is 13.7. The summed E-state index contributed by atoms with van der Waals surface area (Å²) in [6.07, 6.45) is 0.664. The molecule has 11 heteroatoms. The average molecular weight is 546 g/mol. The Kier molecular flexibility index (Phi) is 11.0. The fourth-order valence-corrected chi connectivity index (χ4v) is 4.18. The molecule has 3 aromatic carbocycles. The Bertz CT molecular complexity index is 1240. The van der Waals surface area contributed by atoms with Gasteiger partial charge >= 0.3 is 0 Å². The zero-order valence-electron chi connectivity index (χ0n) is 22.6. The van der Waals surface area contributed by atoms with E-state index in [-0.39, 0.29) is 30.7 Å². The molecule has 0 heterocycles. The molecular formula is C29H35N7O4. The van der Waals surface area contributed by atoms with Gasteiger partial charge in [0.15, 0.2) is 5.03 Å². The summed E-state index contributed by atoms with van der Waals surface area (Å²) in [7, 11) is 3.90. The molecule has 5 N–H and O–H groups in total. The first-order chi connectivity index (χ1) is 19.2. The normalized spacial score (nSPS) is 11.9. The van der Waals surface area contributed by atoms with Crippen molar-refractivity contribution in [1.29, 1.82) is 0 Å². The summed E-state index contributed by atoms with van der Waals surface area (Å²) in [4.78, 5) is 39.5. The summed E-state index contributed by atoms with van der Waals surface area (Å²) in [6.45, 7) is 0.524. The third-order valence-electron chi connectivity index (χ3n) is 6.25. The van der Waals surface area contributed by atoms with Crippen LogP contribution in [0.2, 0.25) is 0 Å². The van der Waals surface area contributed by atoms with Gasteiger partial charge < -0.3 is 26.6 Å². The lowest BCUT2D eigenvalue weighted by Gasteiger charge is -2.23. The summed E-state index contributed by atoms with van der Waals surface area (Å²) in [6, 6.07) is 25.7. The monoisotopic (exact) mass is 545 g/mol. The van der Waals surface area contributed by atoms with Gasteiger partial charge in [0.1, 0.15) is 11.1 Å². The molecule has 11 nitrogen and oxygen atoms in total. The highest BCUT2D eigenvalue weighted by Crippen LogP contribution is 2.25. The second-order valence-electron chi connectivity index (χ2n) is 9.39. The maximum Gasteiger partial charge on any atom is 0.266 e. The van der Waals surface area contributed by atoms with Crippen molar-refractivity contribution in [3.8, 4) is 0 Å². The second-order valence-corrected chi connectivity index (χ2v) is 9.39. The third-order valence-corrected chi connectivity index (χ3v) is 6.25. The van der Waals surface area contributed by atoms with Crippen LogP contribution in [-0.2, 0) is 16.1 Å². The van der Waals surface area contributed by atoms with Crippen molar-refractivity contribution in [2.24, 2.45) is 10.8 Å². The Labute approximate surface area is 233 Å². The maximum absolute atomic E-state index is 13.7. The molecule has 0 saturated carbocycles. The number of hydrogen-bond acceptors (Lipinski definition) is 5. The molecule has 1 atom stereocenters. The molecule has 40 heavy (non-hydrogen) atoms. The van der Waals surface area contributed by atoms with Crippen molar-refractivity contribution in [1.82, 2.24) is 16.0 Å². The van der Waals surface area contributed by atoms with E-state index in [4.69, 9.17) is 5.73 Å². The molecule has 0 bridgehead atoms. The molecule has 0 aliphatic heterocycles. The SMILES string of the molecule is CN(C)c1ccc(CNC(=O)[C@H](CCCNC(N)=N[N+](=O)[O-])NC(=O)C(c2ccccc2)c2ccccc2)cc1. The van der Waals surface area contributed by atoms with E-state index < -0.39 is 17.0 Å². The van der Waals surface area contributed by atoms with Crippen LogP contribution in [0.15, 0.2) is 90.0 Å². The number of carbonyl (C=O) groups excluding carboxylic acids is 2. The largest absolute Gasteiger partial charge is 0.378 e. The summed E-state index contributed by atoms with van der Waals surface area (Å²) >= 11 is 0. The van der Waals surface area contributed by atoms with Crippen molar-refractivity contribution >= 4 is 23.5 Å². The minimum atomic E-state index is -0.892. The summed E-state index contributed by atoms with van der Waals surface area (Å²) in [5.41, 5.74) is 9.05. The molecule has 0 unspecified atom stereocenters. The number of carbonyl (C=O) groups is 2. The molecule has 0 aliphatic carbocycles. The van der Waals surface area contributed by atoms with E-state index >= 15 is 0 Å². The number of anilines is 1. The fraction of sp³-hybridized carbons (Fsp3) is 0.276. The number of hydrogen-bond donors (Lipinski definition) is 4. The molecule has 0 fully saturated rings. The van der Waals surface area contributed by atoms with Gasteiger partial charge in [-0.15, -0.1) is 0 Å². The van der Waals surface area contributed by atoms with Gasteiger partial charge in [-0.1, -0.05) is 72.8 Å². The second kappa shape index (κ2) is 14.9. The number of nitro groups is 1. The van der Waals surface area contributed by atoms with Crippen molar-refractivity contribution in [3.05, 3.63) is 112 Å². The topological polar surface area (TPSA) is 155 Å². The lowest BCUT2D eigenvalue weighted by atomic mass is 9.90. The van der Waals surface area contributed by atoms with Gasteiger partial charge in [0.05, 0.1) is 5.92 Å². The van der Waals surface area contributed by atoms with Gasteiger partial charge in [-0.05, 0) is 41.7 Å². The lowest BCUT2D eigenvalue weighted by Crippen LogP contribution is -2.48. The number of nitrogens with two attached hydrogens (primary N) is 1. The molecule has 3 rings (SSSR count). The predicted molar refractivity (Wildman–Crippen MR) is 155 cm³/mol. The van der Waals surface area contributed by atoms with Crippen molar-refractivity contribution in [3.63, 3.8) is 0 Å². The van der Waals surface area contributed by atoms with E-state index in [9.17, 15) is 19.7 Å². The summed E-state index contributed by atoms with van der Waals surface area (Å²) < 4.78 is 0. The molecule has 0 spiro atoms. The quantitative estimate of drug-likeness (QED) is 0.0846. The van der Waals surface area contributed by atoms with Crippen LogP contribution in [0.4, 0.5) is 5.69 Å². The van der Waals surface area contributed by atoms with Gasteiger partial charge in [0.25, 0.3) is 5.96 Å². The van der Waals surface area contributed by atoms with Gasteiger partial charge in [-0.25, -0.2) is 10.1 Å². The fourth-order valence-electron chi connectivity index (χ4n) is 4.18. The van der Waals surface area contributed by atoms with Crippen LogP contribution < -0.4 is 26.6 Å². The minimum Gasteiger partial charge on any atom is -0.378 e. The Morgan fingerprint density at radius 2 is 1.48 bits per heavy atom. The number of amides is 2. The molecule has 0 aromatic heterocycles. The zero-order chi connectivity index (χ0) is 28.9. The molecule has 0 aliphatic rings. The summed E-state index contributed by atoms with van der Waals surface area (Å²) in [5, 5.41) is 21.1. The van der Waals surface area contributed by atoms with E-state index in [1.807, 2.05) is 104 Å². The van der Waals surface area contributed by atoms with Crippen LogP contribution in [-0.4, -0.2) is 49.5 Å². The van der Waals surface area contributed by atoms with Crippen molar-refractivity contribution < 1.29 is 14.6 Å². The highest BCUT2D eigenvalue weighted by Gasteiger charge is 2.27. The molecule has 3 aromatic rings. The van der Waals surface area contributed by atoms with Gasteiger partial charge in [0, 0.05) is 32.9 Å². The van der Waals surface area contributed by atoms with Crippen LogP contribution >= 0.6 is 0 Å². The highest BCUT2D eigenvalue weighted by molar-refractivity contribution is 5.92. The highest BCUT2D eigenvalue weighted by atomic mass is 16.7. The Morgan fingerprint density at radius 3 is 2.00 bits per heavy atom. The Morgan fingerprint density at radius 1 is 0.900 bits per heavy atom. The van der Waals surface area contributed by atoms with Crippen LogP contribution in [0.3, 0.4) is 0 Å². The van der Waals surface area contributed by atoms with Crippen LogP contribution in [0.25, 0.3) is 0 Å². The molecule has 0 radical (unpaired) electrons. The van der Waals surface area contributed by atoms with Gasteiger partial charge in [0.2, 0.25) is 11.8 Å². The van der Waals surface area contributed by atoms with Gasteiger partial charge in [-0.2, -0.15) is 0 Å². The number of nitrogens with one attached hydrogen (secondary N) is 3. The third kappa shape index (κ3) is 9.12. The number of rotatable bonds is 13. The predicted octanol–water partition coefficient (Wildman–Crippen LogP) is 2.56. The Hall–Kier alpha value is -4.93. The first-order valence-electron chi connectivity index (χ1n) is 12.9. The summed E-state index contributed by atoms with van der Waals surface area (Å²) in [5.74, 6) is -1.59. The van der Waals surface area contributed by atoms with Crippen LogP contribution in [0.1, 0.15) is 35.4 Å². The van der Waals surface area contributed by atoms with Crippen molar-refractivity contribution in [2.45, 2.75) is 31.3 Å². The lowest BCUT2D eigenvalue weighted by molar-refractivity contribution is -0.485. The standard InChI is InChI=1S/C29H35N7O4/c1-35(2)24-17-15-21(16-18-24)20-32-27(37)25(14-9-19-31-29(30)34-36(39)40)33-28(38)26(22-10-5-3-6-11-22)23-12-7-4-8-13-23/h3-8,10-13,15-18,25-26H,9,14,19-20H2,1-2H3,(H,32,37)(H,33,38)(H3,30,31,34)/t25-/m0/s1. The number of hydrazone groups is 1. The van der Waals surface area contributed by atoms with Crippen LogP contribution in [0, 0.1) is 10.1 Å². The van der Waals surface area contributed by atoms with E-state index in [1.165, 1.54) is 0 Å². The van der Waals surface area contributed by atoms with E-state index in [0.717, 1.165) is 22.4 Å². The van der Waals surface area contributed by atoms with Crippen molar-refractivity contribution in [2.75, 3.05) is 25.5 Å². The van der Waals surface area contributed by atoms with E-state index in [1.54, 1.807) is 0 Å². The first kappa shape index (κ1) is 29.6. The smallest absolute Gasteiger partial charge is 0.266 e. The van der Waals surface area contributed by atoms with E-state index in [2.05, 4.69) is 21.1 Å². The minimum absolute atomic E-state index is 0.232. The van der Waals surface area contributed by atoms with Gasteiger partial charge in [-0.3, -0.25) is 9.59 Å². The Balaban J connectivity index is 1.74. The van der Waals surface area contributed by atoms with Crippen LogP contribution in [0.5, 0.6) is 0 Å². The number of guanidine groups is 1. The average Bonchev–Trinajstić information content (AvgIpc) is 2.94. The first-order valence-corrected chi connectivity index (χ1v) is 12.9. The molecule has 0 saturated heterocycles. The molecule has 210 valence electrons. The molecular weight excluding hydrogens is 510 g/mol. The zero-order valence-corrected chi connectivity index (χ0v) is 22.6.